The van der Waals surface area contributed by atoms with E-state index in [1.165, 1.54) is 6.07 Å². The molecular formula is C14H15ClFN3O. The van der Waals surface area contributed by atoms with Gasteiger partial charge in [0.05, 0.1) is 29.7 Å². The summed E-state index contributed by atoms with van der Waals surface area (Å²) < 4.78 is 19.7. The summed E-state index contributed by atoms with van der Waals surface area (Å²) >= 11 is 5.99. The standard InChI is InChI=1S/C14H15ClFN3O/c1-14(2)8-20-7-6-19(14)12-11-9(16)4-3-5-10(11)17-13(15)18-12/h3-5H,6-8H2,1-2H3. The van der Waals surface area contributed by atoms with Gasteiger partial charge in [-0.1, -0.05) is 6.07 Å². The first kappa shape index (κ1) is 13.5. The first-order valence-electron chi connectivity index (χ1n) is 6.46. The molecule has 0 radical (unpaired) electrons. The Labute approximate surface area is 121 Å². The van der Waals surface area contributed by atoms with E-state index in [1.807, 2.05) is 18.7 Å². The fraction of sp³-hybridized carbons (Fsp3) is 0.429. The third-order valence-corrected chi connectivity index (χ3v) is 3.70. The van der Waals surface area contributed by atoms with Crippen molar-refractivity contribution in [2.24, 2.45) is 0 Å². The lowest BCUT2D eigenvalue weighted by Crippen LogP contribution is -2.53. The number of rotatable bonds is 1. The Bertz CT molecular complexity index is 662. The Morgan fingerprint density at radius 1 is 1.35 bits per heavy atom. The number of nitrogens with zero attached hydrogens (tertiary/aromatic N) is 3. The lowest BCUT2D eigenvalue weighted by Gasteiger charge is -2.43. The maximum absolute atomic E-state index is 14.2. The van der Waals surface area contributed by atoms with E-state index in [9.17, 15) is 4.39 Å². The highest BCUT2D eigenvalue weighted by Gasteiger charge is 2.33. The number of aromatic nitrogens is 2. The zero-order valence-corrected chi connectivity index (χ0v) is 12.1. The lowest BCUT2D eigenvalue weighted by molar-refractivity contribution is 0.0640. The Kier molecular flexibility index (Phi) is 3.26. The van der Waals surface area contributed by atoms with Crippen LogP contribution in [0.15, 0.2) is 18.2 Å². The normalized spacial score (nSPS) is 18.5. The first-order valence-corrected chi connectivity index (χ1v) is 6.84. The highest BCUT2D eigenvalue weighted by Crippen LogP contribution is 2.33. The number of benzene rings is 1. The summed E-state index contributed by atoms with van der Waals surface area (Å²) in [6.45, 7) is 5.86. The summed E-state index contributed by atoms with van der Waals surface area (Å²) in [5, 5.41) is 0.535. The van der Waals surface area contributed by atoms with Gasteiger partial charge in [0, 0.05) is 6.54 Å². The average Bonchev–Trinajstić information content (AvgIpc) is 2.37. The van der Waals surface area contributed by atoms with E-state index in [1.54, 1.807) is 12.1 Å². The fourth-order valence-electron chi connectivity index (χ4n) is 2.54. The zero-order chi connectivity index (χ0) is 14.3. The predicted molar refractivity (Wildman–Crippen MR) is 76.8 cm³/mol. The molecule has 0 spiro atoms. The fourth-order valence-corrected chi connectivity index (χ4v) is 2.71. The summed E-state index contributed by atoms with van der Waals surface area (Å²) in [4.78, 5) is 10.4. The van der Waals surface area contributed by atoms with Crippen LogP contribution >= 0.6 is 11.6 Å². The first-order chi connectivity index (χ1) is 9.49. The van der Waals surface area contributed by atoms with Gasteiger partial charge in [-0.15, -0.1) is 0 Å². The molecular weight excluding hydrogens is 281 g/mol. The molecule has 0 saturated carbocycles. The van der Waals surface area contributed by atoms with Gasteiger partial charge in [0.15, 0.2) is 0 Å². The number of hydrogen-bond donors (Lipinski definition) is 0. The zero-order valence-electron chi connectivity index (χ0n) is 11.4. The van der Waals surface area contributed by atoms with Gasteiger partial charge in [0.1, 0.15) is 11.6 Å². The molecule has 0 amide bonds. The lowest BCUT2D eigenvalue weighted by atomic mass is 10.0. The molecule has 2 heterocycles. The van der Waals surface area contributed by atoms with Gasteiger partial charge in [0.2, 0.25) is 5.28 Å². The molecule has 0 N–H and O–H groups in total. The maximum atomic E-state index is 14.2. The van der Waals surface area contributed by atoms with Crippen molar-refractivity contribution in [3.8, 4) is 0 Å². The molecule has 1 aliphatic heterocycles. The van der Waals surface area contributed by atoms with Gasteiger partial charge < -0.3 is 9.64 Å². The minimum absolute atomic E-state index is 0.125. The van der Waals surface area contributed by atoms with Gasteiger partial charge in [0.25, 0.3) is 0 Å². The van der Waals surface area contributed by atoms with Crippen LogP contribution in [-0.2, 0) is 4.74 Å². The van der Waals surface area contributed by atoms with Crippen molar-refractivity contribution in [1.82, 2.24) is 9.97 Å². The summed E-state index contributed by atoms with van der Waals surface area (Å²) in [6.07, 6.45) is 0. The third-order valence-electron chi connectivity index (χ3n) is 3.53. The van der Waals surface area contributed by atoms with E-state index < -0.39 is 0 Å². The monoisotopic (exact) mass is 295 g/mol. The van der Waals surface area contributed by atoms with Crippen LogP contribution in [0.4, 0.5) is 10.2 Å². The van der Waals surface area contributed by atoms with Crippen LogP contribution in [0.1, 0.15) is 13.8 Å². The summed E-state index contributed by atoms with van der Waals surface area (Å²) in [5.74, 6) is 0.197. The topological polar surface area (TPSA) is 38.2 Å². The van der Waals surface area contributed by atoms with Crippen LogP contribution in [0.3, 0.4) is 0 Å². The van der Waals surface area contributed by atoms with Crippen molar-refractivity contribution in [3.05, 3.63) is 29.3 Å². The molecule has 1 aromatic carbocycles. The number of ether oxygens (including phenoxy) is 1. The van der Waals surface area contributed by atoms with Crippen molar-refractivity contribution in [3.63, 3.8) is 0 Å². The van der Waals surface area contributed by atoms with Gasteiger partial charge in [-0.3, -0.25) is 0 Å². The molecule has 0 atom stereocenters. The van der Waals surface area contributed by atoms with E-state index in [0.29, 0.717) is 36.5 Å². The Hall–Kier alpha value is -1.46. The molecule has 0 unspecified atom stereocenters. The van der Waals surface area contributed by atoms with Crippen molar-refractivity contribution in [2.45, 2.75) is 19.4 Å². The number of halogens is 2. The quantitative estimate of drug-likeness (QED) is 0.758. The molecule has 20 heavy (non-hydrogen) atoms. The summed E-state index contributed by atoms with van der Waals surface area (Å²) in [5.41, 5.74) is 0.243. The second kappa shape index (κ2) is 4.82. The Morgan fingerprint density at radius 2 is 2.15 bits per heavy atom. The minimum atomic E-state index is -0.337. The molecule has 4 nitrogen and oxygen atoms in total. The van der Waals surface area contributed by atoms with Crippen molar-refractivity contribution < 1.29 is 9.13 Å². The minimum Gasteiger partial charge on any atom is -0.377 e. The van der Waals surface area contributed by atoms with Crippen molar-refractivity contribution >= 4 is 28.3 Å². The second-order valence-corrected chi connectivity index (χ2v) is 5.80. The molecule has 1 aliphatic rings. The van der Waals surface area contributed by atoms with Crippen LogP contribution in [0.2, 0.25) is 5.28 Å². The van der Waals surface area contributed by atoms with E-state index >= 15 is 0 Å². The molecule has 6 heteroatoms. The average molecular weight is 296 g/mol. The van der Waals surface area contributed by atoms with E-state index in [2.05, 4.69) is 9.97 Å². The molecule has 2 aromatic rings. The van der Waals surface area contributed by atoms with Gasteiger partial charge in [-0.05, 0) is 37.6 Å². The Morgan fingerprint density at radius 3 is 2.90 bits per heavy atom. The van der Waals surface area contributed by atoms with Crippen LogP contribution in [0.25, 0.3) is 10.9 Å². The molecule has 1 fully saturated rings. The van der Waals surface area contributed by atoms with Crippen LogP contribution in [0, 0.1) is 5.82 Å². The highest BCUT2D eigenvalue weighted by molar-refractivity contribution is 6.28. The van der Waals surface area contributed by atoms with E-state index in [0.717, 1.165) is 0 Å². The predicted octanol–water partition coefficient (Wildman–Crippen LogP) is 3.04. The molecule has 1 saturated heterocycles. The molecule has 0 aliphatic carbocycles. The van der Waals surface area contributed by atoms with Crippen molar-refractivity contribution in [2.75, 3.05) is 24.7 Å². The number of fused-ring (bicyclic) bond motifs is 1. The SMILES string of the molecule is CC1(C)COCCN1c1nc(Cl)nc2cccc(F)c12. The van der Waals surface area contributed by atoms with Crippen LogP contribution in [0.5, 0.6) is 0 Å². The van der Waals surface area contributed by atoms with E-state index in [-0.39, 0.29) is 16.6 Å². The molecule has 3 rings (SSSR count). The van der Waals surface area contributed by atoms with E-state index in [4.69, 9.17) is 16.3 Å². The number of anilines is 1. The molecule has 106 valence electrons. The second-order valence-electron chi connectivity index (χ2n) is 5.47. The molecule has 0 bridgehead atoms. The summed E-state index contributed by atoms with van der Waals surface area (Å²) in [7, 11) is 0. The van der Waals surface area contributed by atoms with Crippen molar-refractivity contribution in [1.29, 1.82) is 0 Å². The third kappa shape index (κ3) is 2.21. The van der Waals surface area contributed by atoms with Gasteiger partial charge >= 0.3 is 0 Å². The van der Waals surface area contributed by atoms with Gasteiger partial charge in [-0.25, -0.2) is 9.37 Å². The van der Waals surface area contributed by atoms with Crippen LogP contribution < -0.4 is 4.90 Å². The molecule has 1 aromatic heterocycles. The Balaban J connectivity index is 2.24. The maximum Gasteiger partial charge on any atom is 0.224 e. The largest absolute Gasteiger partial charge is 0.377 e. The van der Waals surface area contributed by atoms with Crippen LogP contribution in [-0.4, -0.2) is 35.3 Å². The summed E-state index contributed by atoms with van der Waals surface area (Å²) in [6, 6.07) is 4.77. The number of morpholine rings is 1. The highest BCUT2D eigenvalue weighted by atomic mass is 35.5. The smallest absolute Gasteiger partial charge is 0.224 e. The number of hydrogen-bond acceptors (Lipinski definition) is 4. The van der Waals surface area contributed by atoms with Gasteiger partial charge in [-0.2, -0.15) is 4.98 Å².